The van der Waals surface area contributed by atoms with Crippen molar-refractivity contribution in [3.05, 3.63) is 65.5 Å². The summed E-state index contributed by atoms with van der Waals surface area (Å²) < 4.78 is 0. The average Bonchev–Trinajstić information content (AvgIpc) is 2.47. The number of nitrogens with zero attached hydrogens (tertiary/aromatic N) is 2. The van der Waals surface area contributed by atoms with E-state index in [1.54, 1.807) is 36.7 Å². The number of hydrogen-bond donors (Lipinski definition) is 1. The Labute approximate surface area is 111 Å². The molecule has 1 heterocycles. The molecular formula is C15H13N3O. The fraction of sp³-hybridized carbons (Fsp3) is 0.133. The van der Waals surface area contributed by atoms with Crippen LogP contribution in [0, 0.1) is 11.3 Å². The smallest absolute Gasteiger partial charge is 0.251 e. The van der Waals surface area contributed by atoms with E-state index >= 15 is 0 Å². The van der Waals surface area contributed by atoms with Crippen molar-refractivity contribution in [1.82, 2.24) is 10.3 Å². The summed E-state index contributed by atoms with van der Waals surface area (Å²) in [6.45, 7) is 0.474. The molecule has 0 unspecified atom stereocenters. The Balaban J connectivity index is 1.95. The molecule has 19 heavy (non-hydrogen) atoms. The standard InChI is InChI=1S/C15H13N3O/c16-8-5-12-1-3-14(4-2-12)15(19)18-11-13-6-9-17-10-7-13/h1-4,6-7,9-10H,5,11H2,(H,18,19). The first-order chi connectivity index (χ1) is 9.29. The molecule has 1 aromatic carbocycles. The van der Waals surface area contributed by atoms with Gasteiger partial charge in [0.1, 0.15) is 0 Å². The van der Waals surface area contributed by atoms with E-state index in [9.17, 15) is 4.79 Å². The number of aromatic nitrogens is 1. The van der Waals surface area contributed by atoms with Crippen molar-refractivity contribution in [3.63, 3.8) is 0 Å². The lowest BCUT2D eigenvalue weighted by Gasteiger charge is -2.05. The highest BCUT2D eigenvalue weighted by atomic mass is 16.1. The number of hydrogen-bond acceptors (Lipinski definition) is 3. The van der Waals surface area contributed by atoms with E-state index in [1.807, 2.05) is 12.1 Å². The van der Waals surface area contributed by atoms with E-state index in [1.165, 1.54) is 0 Å². The molecule has 1 aromatic heterocycles. The van der Waals surface area contributed by atoms with Gasteiger partial charge in [-0.1, -0.05) is 12.1 Å². The number of rotatable bonds is 4. The van der Waals surface area contributed by atoms with Crippen molar-refractivity contribution in [1.29, 1.82) is 5.26 Å². The summed E-state index contributed by atoms with van der Waals surface area (Å²) in [7, 11) is 0. The number of pyridine rings is 1. The van der Waals surface area contributed by atoms with Crippen LogP contribution >= 0.6 is 0 Å². The van der Waals surface area contributed by atoms with Crippen molar-refractivity contribution in [2.75, 3.05) is 0 Å². The molecule has 4 heteroatoms. The summed E-state index contributed by atoms with van der Waals surface area (Å²) in [5.41, 5.74) is 2.51. The first kappa shape index (κ1) is 12.8. The quantitative estimate of drug-likeness (QED) is 0.904. The predicted molar refractivity (Wildman–Crippen MR) is 71.2 cm³/mol. The number of nitrogens with one attached hydrogen (secondary N) is 1. The minimum absolute atomic E-state index is 0.125. The van der Waals surface area contributed by atoms with Gasteiger partial charge in [0.2, 0.25) is 0 Å². The SMILES string of the molecule is N#CCc1ccc(C(=O)NCc2ccncc2)cc1. The Bertz CT molecular complexity index is 585. The van der Waals surface area contributed by atoms with Crippen molar-refractivity contribution >= 4 is 5.91 Å². The van der Waals surface area contributed by atoms with Crippen LogP contribution in [0.15, 0.2) is 48.8 Å². The van der Waals surface area contributed by atoms with Gasteiger partial charge >= 0.3 is 0 Å². The molecule has 0 aliphatic rings. The van der Waals surface area contributed by atoms with Gasteiger partial charge in [0, 0.05) is 24.5 Å². The fourth-order valence-corrected chi connectivity index (χ4v) is 1.65. The Kier molecular flexibility index (Phi) is 4.25. The molecule has 0 saturated heterocycles. The number of nitriles is 1. The van der Waals surface area contributed by atoms with Crippen LogP contribution in [0.4, 0.5) is 0 Å². The third-order valence-corrected chi connectivity index (χ3v) is 2.70. The third-order valence-electron chi connectivity index (χ3n) is 2.70. The topological polar surface area (TPSA) is 65.8 Å². The summed E-state index contributed by atoms with van der Waals surface area (Å²) in [5.74, 6) is -0.125. The Hall–Kier alpha value is -2.67. The van der Waals surface area contributed by atoms with Gasteiger partial charge in [-0.25, -0.2) is 0 Å². The molecule has 4 nitrogen and oxygen atoms in total. The molecule has 0 spiro atoms. The summed E-state index contributed by atoms with van der Waals surface area (Å²) in [5, 5.41) is 11.4. The second-order valence-electron chi connectivity index (χ2n) is 4.07. The van der Waals surface area contributed by atoms with E-state index in [0.717, 1.165) is 11.1 Å². The minimum atomic E-state index is -0.125. The molecule has 2 rings (SSSR count). The molecule has 0 atom stereocenters. The second kappa shape index (κ2) is 6.31. The van der Waals surface area contributed by atoms with Gasteiger partial charge in [-0.15, -0.1) is 0 Å². The lowest BCUT2D eigenvalue weighted by molar-refractivity contribution is 0.0951. The Morgan fingerprint density at radius 1 is 1.11 bits per heavy atom. The second-order valence-corrected chi connectivity index (χ2v) is 4.07. The lowest BCUT2D eigenvalue weighted by Crippen LogP contribution is -2.22. The van der Waals surface area contributed by atoms with E-state index in [4.69, 9.17) is 5.26 Å². The van der Waals surface area contributed by atoms with Crippen molar-refractivity contribution in [3.8, 4) is 6.07 Å². The van der Waals surface area contributed by atoms with Gasteiger partial charge in [-0.3, -0.25) is 9.78 Å². The number of benzene rings is 1. The van der Waals surface area contributed by atoms with Gasteiger partial charge in [-0.05, 0) is 35.4 Å². The molecule has 0 aliphatic heterocycles. The summed E-state index contributed by atoms with van der Waals surface area (Å²) in [4.78, 5) is 15.8. The highest BCUT2D eigenvalue weighted by molar-refractivity contribution is 5.94. The molecule has 0 radical (unpaired) electrons. The molecule has 0 saturated carbocycles. The molecule has 0 bridgehead atoms. The first-order valence-corrected chi connectivity index (χ1v) is 5.92. The van der Waals surface area contributed by atoms with Gasteiger partial charge in [0.15, 0.2) is 0 Å². The zero-order chi connectivity index (χ0) is 13.5. The largest absolute Gasteiger partial charge is 0.348 e. The van der Waals surface area contributed by atoms with E-state index in [-0.39, 0.29) is 5.91 Å². The Morgan fingerprint density at radius 3 is 2.42 bits per heavy atom. The molecule has 1 N–H and O–H groups in total. The maximum atomic E-state index is 11.9. The van der Waals surface area contributed by atoms with E-state index in [0.29, 0.717) is 18.5 Å². The zero-order valence-corrected chi connectivity index (χ0v) is 10.3. The van der Waals surface area contributed by atoms with Crippen molar-refractivity contribution < 1.29 is 4.79 Å². The summed E-state index contributed by atoms with van der Waals surface area (Å²) in [6.07, 6.45) is 3.75. The maximum Gasteiger partial charge on any atom is 0.251 e. The molecular weight excluding hydrogens is 238 g/mol. The number of amides is 1. The predicted octanol–water partition coefficient (Wildman–Crippen LogP) is 2.08. The van der Waals surface area contributed by atoms with Crippen molar-refractivity contribution in [2.45, 2.75) is 13.0 Å². The summed E-state index contributed by atoms with van der Waals surface area (Å²) >= 11 is 0. The molecule has 94 valence electrons. The average molecular weight is 251 g/mol. The molecule has 1 amide bonds. The van der Waals surface area contributed by atoms with E-state index in [2.05, 4.69) is 16.4 Å². The molecule has 0 aliphatic carbocycles. The van der Waals surface area contributed by atoms with Crippen LogP contribution in [0.5, 0.6) is 0 Å². The number of carbonyl (C=O) groups excluding carboxylic acids is 1. The molecule has 0 fully saturated rings. The van der Waals surface area contributed by atoms with Crippen LogP contribution in [0.25, 0.3) is 0 Å². The van der Waals surface area contributed by atoms with Crippen LogP contribution in [0.2, 0.25) is 0 Å². The fourth-order valence-electron chi connectivity index (χ4n) is 1.65. The zero-order valence-electron chi connectivity index (χ0n) is 10.3. The Morgan fingerprint density at radius 2 is 1.79 bits per heavy atom. The van der Waals surface area contributed by atoms with Crippen LogP contribution in [0.3, 0.4) is 0 Å². The lowest BCUT2D eigenvalue weighted by atomic mass is 10.1. The van der Waals surface area contributed by atoms with Crippen LogP contribution < -0.4 is 5.32 Å². The van der Waals surface area contributed by atoms with Gasteiger partial charge in [0.25, 0.3) is 5.91 Å². The minimum Gasteiger partial charge on any atom is -0.348 e. The highest BCUT2D eigenvalue weighted by Crippen LogP contribution is 2.05. The van der Waals surface area contributed by atoms with Gasteiger partial charge in [-0.2, -0.15) is 5.26 Å². The van der Waals surface area contributed by atoms with E-state index < -0.39 is 0 Å². The molecule has 2 aromatic rings. The van der Waals surface area contributed by atoms with Crippen LogP contribution in [-0.4, -0.2) is 10.9 Å². The van der Waals surface area contributed by atoms with Crippen molar-refractivity contribution in [2.24, 2.45) is 0 Å². The highest BCUT2D eigenvalue weighted by Gasteiger charge is 2.04. The maximum absolute atomic E-state index is 11.9. The van der Waals surface area contributed by atoms with Crippen LogP contribution in [0.1, 0.15) is 21.5 Å². The summed E-state index contributed by atoms with van der Waals surface area (Å²) in [6, 6.07) is 12.8. The van der Waals surface area contributed by atoms with Gasteiger partial charge in [0.05, 0.1) is 12.5 Å². The van der Waals surface area contributed by atoms with Crippen LogP contribution in [-0.2, 0) is 13.0 Å². The first-order valence-electron chi connectivity index (χ1n) is 5.92. The van der Waals surface area contributed by atoms with Gasteiger partial charge < -0.3 is 5.32 Å². The third kappa shape index (κ3) is 3.65. The number of carbonyl (C=O) groups is 1. The monoisotopic (exact) mass is 251 g/mol. The normalized spacial score (nSPS) is 9.63.